The second-order valence-electron chi connectivity index (χ2n) is 5.26. The van der Waals surface area contributed by atoms with Crippen LogP contribution in [-0.4, -0.2) is 34.8 Å². The highest BCUT2D eigenvalue weighted by molar-refractivity contribution is 7.71. The lowest BCUT2D eigenvalue weighted by Gasteiger charge is -2.09. The number of hydrogen-bond acceptors (Lipinski definition) is 5. The molecule has 0 aliphatic carbocycles. The van der Waals surface area contributed by atoms with Gasteiger partial charge in [-0.3, -0.25) is 0 Å². The summed E-state index contributed by atoms with van der Waals surface area (Å²) in [5.41, 5.74) is 1.65. The number of aromatic amines is 1. The number of halogens is 1. The maximum atomic E-state index is 6.06. The van der Waals surface area contributed by atoms with Gasteiger partial charge in [0, 0.05) is 10.6 Å². The van der Waals surface area contributed by atoms with E-state index in [1.54, 1.807) is 30.1 Å². The minimum Gasteiger partial charge on any atom is -0.493 e. The third-order valence-corrected chi connectivity index (χ3v) is 4.04. The van der Waals surface area contributed by atoms with E-state index in [1.165, 1.54) is 0 Å². The summed E-state index contributed by atoms with van der Waals surface area (Å²) in [6.45, 7) is 2.49. The zero-order valence-electron chi connectivity index (χ0n) is 14.3. The standard InChI is InChI=1S/C18H17ClN4O2S/c1-3-25-15-8-7-12(9-16(15)24-2)11-20-23-17(21-22-18(23)26)13-5-4-6-14(19)10-13/h4-11H,3H2,1-2H3,(H,22,26)/b20-11-. The van der Waals surface area contributed by atoms with Gasteiger partial charge in [0.1, 0.15) is 0 Å². The first-order chi connectivity index (χ1) is 12.6. The predicted octanol–water partition coefficient (Wildman–Crippen LogP) is 4.55. The molecule has 0 spiro atoms. The molecule has 1 aromatic heterocycles. The highest BCUT2D eigenvalue weighted by atomic mass is 35.5. The van der Waals surface area contributed by atoms with Crippen LogP contribution >= 0.6 is 23.8 Å². The molecule has 1 N–H and O–H groups in total. The molecule has 0 saturated carbocycles. The summed E-state index contributed by atoms with van der Waals surface area (Å²) < 4.78 is 12.8. The highest BCUT2D eigenvalue weighted by Crippen LogP contribution is 2.27. The van der Waals surface area contributed by atoms with E-state index < -0.39 is 0 Å². The molecule has 3 rings (SSSR count). The number of nitrogens with zero attached hydrogens (tertiary/aromatic N) is 3. The SMILES string of the molecule is CCOc1ccc(/C=N\n2c(-c3cccc(Cl)c3)n[nH]c2=S)cc1OC. The maximum absolute atomic E-state index is 6.06. The van der Waals surface area contributed by atoms with Crippen molar-refractivity contribution in [2.45, 2.75) is 6.92 Å². The van der Waals surface area contributed by atoms with E-state index in [2.05, 4.69) is 15.3 Å². The molecule has 8 heteroatoms. The molecule has 6 nitrogen and oxygen atoms in total. The maximum Gasteiger partial charge on any atom is 0.216 e. The fourth-order valence-corrected chi connectivity index (χ4v) is 2.75. The first-order valence-electron chi connectivity index (χ1n) is 7.91. The van der Waals surface area contributed by atoms with Crippen LogP contribution in [0.3, 0.4) is 0 Å². The molecule has 0 bridgehead atoms. The molecule has 0 radical (unpaired) electrons. The lowest BCUT2D eigenvalue weighted by molar-refractivity contribution is 0.311. The largest absolute Gasteiger partial charge is 0.493 e. The van der Waals surface area contributed by atoms with Gasteiger partial charge >= 0.3 is 0 Å². The van der Waals surface area contributed by atoms with Crippen molar-refractivity contribution >= 4 is 30.0 Å². The summed E-state index contributed by atoms with van der Waals surface area (Å²) in [5, 5.41) is 12.1. The van der Waals surface area contributed by atoms with E-state index in [9.17, 15) is 0 Å². The van der Waals surface area contributed by atoms with Gasteiger partial charge in [0.15, 0.2) is 17.3 Å². The summed E-state index contributed by atoms with van der Waals surface area (Å²) in [6.07, 6.45) is 1.68. The molecular weight excluding hydrogens is 372 g/mol. The topological polar surface area (TPSA) is 64.4 Å². The molecule has 0 aliphatic rings. The van der Waals surface area contributed by atoms with E-state index in [0.717, 1.165) is 11.1 Å². The van der Waals surface area contributed by atoms with Crippen molar-refractivity contribution in [1.82, 2.24) is 14.9 Å². The van der Waals surface area contributed by atoms with E-state index in [-0.39, 0.29) is 0 Å². The molecule has 1 heterocycles. The van der Waals surface area contributed by atoms with Crippen LogP contribution in [0.4, 0.5) is 0 Å². The minimum absolute atomic E-state index is 0.383. The lowest BCUT2D eigenvalue weighted by atomic mass is 10.2. The number of H-pyrrole nitrogens is 1. The Labute approximate surface area is 161 Å². The third kappa shape index (κ3) is 3.95. The third-order valence-electron chi connectivity index (χ3n) is 3.54. The number of rotatable bonds is 6. The Hall–Kier alpha value is -2.64. The zero-order chi connectivity index (χ0) is 18.5. The molecule has 0 saturated heterocycles. The molecule has 0 atom stereocenters. The van der Waals surface area contributed by atoms with Gasteiger partial charge in [-0.2, -0.15) is 14.9 Å². The number of aromatic nitrogens is 3. The second-order valence-corrected chi connectivity index (χ2v) is 6.09. The monoisotopic (exact) mass is 388 g/mol. The van der Waals surface area contributed by atoms with Crippen LogP contribution in [0.25, 0.3) is 11.4 Å². The van der Waals surface area contributed by atoms with Gasteiger partial charge in [-0.15, -0.1) is 0 Å². The van der Waals surface area contributed by atoms with Gasteiger partial charge in [-0.25, -0.2) is 5.10 Å². The summed E-state index contributed by atoms with van der Waals surface area (Å²) >= 11 is 11.3. The summed E-state index contributed by atoms with van der Waals surface area (Å²) in [5.74, 6) is 1.90. The molecular formula is C18H17ClN4O2S. The van der Waals surface area contributed by atoms with Gasteiger partial charge < -0.3 is 9.47 Å². The number of ether oxygens (including phenoxy) is 2. The Morgan fingerprint density at radius 2 is 2.12 bits per heavy atom. The van der Waals surface area contributed by atoms with Crippen LogP contribution in [-0.2, 0) is 0 Å². The van der Waals surface area contributed by atoms with Crippen LogP contribution in [0, 0.1) is 4.77 Å². The molecule has 0 fully saturated rings. The van der Waals surface area contributed by atoms with E-state index in [1.807, 2.05) is 37.3 Å². The molecule has 0 aliphatic heterocycles. The Balaban J connectivity index is 1.95. The fourth-order valence-electron chi connectivity index (χ4n) is 2.38. The van der Waals surface area contributed by atoms with Crippen molar-refractivity contribution in [2.75, 3.05) is 13.7 Å². The minimum atomic E-state index is 0.383. The Kier molecular flexibility index (Phi) is 5.70. The van der Waals surface area contributed by atoms with Crippen molar-refractivity contribution in [3.8, 4) is 22.9 Å². The summed E-state index contributed by atoms with van der Waals surface area (Å²) in [7, 11) is 1.60. The fraction of sp³-hybridized carbons (Fsp3) is 0.167. The van der Waals surface area contributed by atoms with E-state index in [0.29, 0.717) is 33.7 Å². The normalized spacial score (nSPS) is 11.0. The first kappa shape index (κ1) is 18.2. The Bertz CT molecular complexity index is 997. The Morgan fingerprint density at radius 1 is 1.27 bits per heavy atom. The Morgan fingerprint density at radius 3 is 2.85 bits per heavy atom. The van der Waals surface area contributed by atoms with Gasteiger partial charge in [-0.05, 0) is 55.0 Å². The first-order valence-corrected chi connectivity index (χ1v) is 8.69. The smallest absolute Gasteiger partial charge is 0.216 e. The van der Waals surface area contributed by atoms with Crippen LogP contribution in [0.1, 0.15) is 12.5 Å². The molecule has 0 amide bonds. The van der Waals surface area contributed by atoms with Crippen LogP contribution in [0.2, 0.25) is 5.02 Å². The van der Waals surface area contributed by atoms with Gasteiger partial charge in [0.05, 0.1) is 19.9 Å². The van der Waals surface area contributed by atoms with Crippen LogP contribution < -0.4 is 9.47 Å². The number of benzene rings is 2. The number of nitrogens with one attached hydrogen (secondary N) is 1. The number of hydrogen-bond donors (Lipinski definition) is 1. The van der Waals surface area contributed by atoms with Gasteiger partial charge in [0.25, 0.3) is 0 Å². The zero-order valence-corrected chi connectivity index (χ0v) is 15.8. The van der Waals surface area contributed by atoms with Gasteiger partial charge in [0.2, 0.25) is 4.77 Å². The van der Waals surface area contributed by atoms with E-state index >= 15 is 0 Å². The van der Waals surface area contributed by atoms with Crippen molar-refractivity contribution in [1.29, 1.82) is 0 Å². The highest BCUT2D eigenvalue weighted by Gasteiger charge is 2.09. The van der Waals surface area contributed by atoms with Crippen molar-refractivity contribution in [3.05, 3.63) is 57.8 Å². The summed E-state index contributed by atoms with van der Waals surface area (Å²) in [4.78, 5) is 0. The van der Waals surface area contributed by atoms with Crippen molar-refractivity contribution in [2.24, 2.45) is 5.10 Å². The van der Waals surface area contributed by atoms with E-state index in [4.69, 9.17) is 33.3 Å². The molecule has 3 aromatic rings. The van der Waals surface area contributed by atoms with Crippen LogP contribution in [0.15, 0.2) is 47.6 Å². The quantitative estimate of drug-likeness (QED) is 0.497. The lowest BCUT2D eigenvalue weighted by Crippen LogP contribution is -1.97. The average Bonchev–Trinajstić information content (AvgIpc) is 3.01. The second kappa shape index (κ2) is 8.16. The van der Waals surface area contributed by atoms with Gasteiger partial charge in [-0.1, -0.05) is 23.7 Å². The predicted molar refractivity (Wildman–Crippen MR) is 105 cm³/mol. The van der Waals surface area contributed by atoms with Crippen molar-refractivity contribution < 1.29 is 9.47 Å². The van der Waals surface area contributed by atoms with Crippen LogP contribution in [0.5, 0.6) is 11.5 Å². The molecule has 0 unspecified atom stereocenters. The molecule has 2 aromatic carbocycles. The van der Waals surface area contributed by atoms with Crippen molar-refractivity contribution in [3.63, 3.8) is 0 Å². The average molecular weight is 389 g/mol. The molecule has 134 valence electrons. The summed E-state index contributed by atoms with van der Waals surface area (Å²) in [6, 6.07) is 12.9. The molecule has 26 heavy (non-hydrogen) atoms. The number of methoxy groups -OCH3 is 1.